The van der Waals surface area contributed by atoms with E-state index in [1.165, 1.54) is 42.5 Å². The van der Waals surface area contributed by atoms with E-state index in [1.807, 2.05) is 0 Å². The van der Waals surface area contributed by atoms with Crippen LogP contribution in [0.4, 0.5) is 5.69 Å². The molecule has 0 bridgehead atoms. The third-order valence-electron chi connectivity index (χ3n) is 4.04. The maximum atomic E-state index is 13.1. The van der Waals surface area contributed by atoms with Crippen molar-refractivity contribution >= 4 is 91.1 Å². The van der Waals surface area contributed by atoms with Crippen LogP contribution in [0.25, 0.3) is 0 Å². The summed E-state index contributed by atoms with van der Waals surface area (Å²) in [6.07, 6.45) is 0. The summed E-state index contributed by atoms with van der Waals surface area (Å²) in [7, 11) is -4.24. The highest BCUT2D eigenvalue weighted by Crippen LogP contribution is 2.45. The third-order valence-corrected chi connectivity index (χ3v) is 7.91. The molecule has 2 N–H and O–H groups in total. The van der Waals surface area contributed by atoms with Gasteiger partial charge in [0.2, 0.25) is 15.8 Å². The minimum absolute atomic E-state index is 0.0912. The molecule has 1 aliphatic rings. The predicted octanol–water partition coefficient (Wildman–Crippen LogP) is 6.04. The lowest BCUT2D eigenvalue weighted by atomic mass is 10.0. The second-order valence-corrected chi connectivity index (χ2v) is 10.0. The van der Waals surface area contributed by atoms with Gasteiger partial charge in [-0.15, -0.1) is 0 Å². The standard InChI is InChI=1S/C18H10Cl6N2O3S/c19-9-6-7-12(11(20)8-9)25-18(16(23)13(21)15(27)14(22)17(18)24)26-30(28,29)10-4-2-1-3-5-10/h1-8,25-26H. The summed E-state index contributed by atoms with van der Waals surface area (Å²) < 4.78 is 28.5. The largest absolute Gasteiger partial charge is 0.356 e. The first kappa shape index (κ1) is 23.7. The number of carbonyl (C=O) groups excluding carboxylic acids is 1. The lowest BCUT2D eigenvalue weighted by molar-refractivity contribution is -0.111. The Morgan fingerprint density at radius 3 is 1.90 bits per heavy atom. The summed E-state index contributed by atoms with van der Waals surface area (Å²) in [5.41, 5.74) is -1.92. The Labute approximate surface area is 202 Å². The van der Waals surface area contributed by atoms with E-state index in [-0.39, 0.29) is 15.6 Å². The molecule has 0 amide bonds. The Bertz CT molecular complexity index is 1170. The molecule has 2 aromatic carbocycles. The molecule has 2 aromatic rings. The van der Waals surface area contributed by atoms with E-state index in [0.717, 1.165) is 0 Å². The van der Waals surface area contributed by atoms with Gasteiger partial charge in [-0.05, 0) is 30.3 Å². The number of benzene rings is 2. The zero-order valence-electron chi connectivity index (χ0n) is 14.5. The van der Waals surface area contributed by atoms with E-state index in [9.17, 15) is 13.2 Å². The number of sulfonamides is 1. The van der Waals surface area contributed by atoms with Gasteiger partial charge in [0.1, 0.15) is 10.1 Å². The summed E-state index contributed by atoms with van der Waals surface area (Å²) in [4.78, 5) is 12.1. The van der Waals surface area contributed by atoms with Gasteiger partial charge in [0.15, 0.2) is 5.66 Å². The molecule has 0 spiro atoms. The van der Waals surface area contributed by atoms with Crippen LogP contribution in [0.3, 0.4) is 0 Å². The molecular formula is C18H10Cl6N2O3S. The highest BCUT2D eigenvalue weighted by Gasteiger charge is 2.49. The van der Waals surface area contributed by atoms with E-state index in [0.29, 0.717) is 5.02 Å². The summed E-state index contributed by atoms with van der Waals surface area (Å²) in [5.74, 6) is -0.855. The van der Waals surface area contributed by atoms with Crippen LogP contribution >= 0.6 is 69.6 Å². The van der Waals surface area contributed by atoms with Crippen molar-refractivity contribution in [1.29, 1.82) is 0 Å². The fourth-order valence-electron chi connectivity index (χ4n) is 2.60. The smallest absolute Gasteiger partial charge is 0.243 e. The minimum Gasteiger partial charge on any atom is -0.356 e. The second kappa shape index (κ2) is 8.88. The maximum absolute atomic E-state index is 13.1. The van der Waals surface area contributed by atoms with Gasteiger partial charge in [-0.25, -0.2) is 8.42 Å². The number of allylic oxidation sites excluding steroid dienone is 2. The number of hydrogen-bond donors (Lipinski definition) is 2. The van der Waals surface area contributed by atoms with E-state index in [2.05, 4.69) is 10.0 Å². The molecule has 0 fully saturated rings. The van der Waals surface area contributed by atoms with Gasteiger partial charge in [0, 0.05) is 5.02 Å². The lowest BCUT2D eigenvalue weighted by Crippen LogP contribution is -2.57. The molecule has 12 heteroatoms. The first-order valence-electron chi connectivity index (χ1n) is 7.98. The number of anilines is 1. The number of carbonyl (C=O) groups is 1. The van der Waals surface area contributed by atoms with Gasteiger partial charge in [-0.1, -0.05) is 87.8 Å². The van der Waals surface area contributed by atoms with Crippen LogP contribution in [0.1, 0.15) is 0 Å². The monoisotopic (exact) mass is 544 g/mol. The Morgan fingerprint density at radius 2 is 1.37 bits per heavy atom. The molecule has 1 aliphatic carbocycles. The second-order valence-electron chi connectivity index (χ2n) is 6.00. The molecule has 0 saturated carbocycles. The number of halogens is 6. The number of Topliss-reactive ketones (excluding diaryl/α,β-unsaturated/α-hetero) is 1. The molecule has 3 rings (SSSR count). The average molecular weight is 547 g/mol. The highest BCUT2D eigenvalue weighted by atomic mass is 35.5. The maximum Gasteiger partial charge on any atom is 0.243 e. The molecule has 0 aromatic heterocycles. The lowest BCUT2D eigenvalue weighted by Gasteiger charge is -2.38. The van der Waals surface area contributed by atoms with Crippen molar-refractivity contribution in [3.05, 3.63) is 78.7 Å². The van der Waals surface area contributed by atoms with E-state index < -0.39 is 41.6 Å². The molecule has 0 aliphatic heterocycles. The molecular weight excluding hydrogens is 537 g/mol. The van der Waals surface area contributed by atoms with Crippen LogP contribution in [0.5, 0.6) is 0 Å². The molecule has 0 radical (unpaired) electrons. The molecule has 0 unspecified atom stereocenters. The van der Waals surface area contributed by atoms with Crippen LogP contribution in [-0.2, 0) is 14.8 Å². The zero-order chi connectivity index (χ0) is 22.3. The van der Waals surface area contributed by atoms with Crippen molar-refractivity contribution in [3.63, 3.8) is 0 Å². The zero-order valence-corrected chi connectivity index (χ0v) is 19.9. The molecule has 0 atom stereocenters. The van der Waals surface area contributed by atoms with Gasteiger partial charge >= 0.3 is 0 Å². The average Bonchev–Trinajstić information content (AvgIpc) is 2.72. The molecule has 0 heterocycles. The predicted molar refractivity (Wildman–Crippen MR) is 122 cm³/mol. The van der Waals surface area contributed by atoms with Crippen LogP contribution < -0.4 is 10.0 Å². The molecule has 30 heavy (non-hydrogen) atoms. The third kappa shape index (κ3) is 4.33. The Balaban J connectivity index is 2.23. The Hall–Kier alpha value is -0.960. The number of nitrogens with one attached hydrogen (secondary N) is 2. The van der Waals surface area contributed by atoms with Gasteiger partial charge < -0.3 is 5.32 Å². The Kier molecular flexibility index (Phi) is 7.02. The first-order chi connectivity index (χ1) is 14.0. The van der Waals surface area contributed by atoms with Crippen molar-refractivity contribution in [1.82, 2.24) is 4.72 Å². The first-order valence-corrected chi connectivity index (χ1v) is 11.7. The van der Waals surface area contributed by atoms with Crippen molar-refractivity contribution in [2.24, 2.45) is 0 Å². The number of ketones is 1. The molecule has 0 saturated heterocycles. The van der Waals surface area contributed by atoms with E-state index >= 15 is 0 Å². The van der Waals surface area contributed by atoms with Crippen molar-refractivity contribution in [2.45, 2.75) is 10.6 Å². The molecule has 5 nitrogen and oxygen atoms in total. The summed E-state index contributed by atoms with van der Waals surface area (Å²) in [6, 6.07) is 11.8. The van der Waals surface area contributed by atoms with Crippen LogP contribution in [0, 0.1) is 0 Å². The summed E-state index contributed by atoms with van der Waals surface area (Å²) in [5, 5.41) is 1.37. The van der Waals surface area contributed by atoms with Crippen molar-refractivity contribution < 1.29 is 13.2 Å². The van der Waals surface area contributed by atoms with E-state index in [4.69, 9.17) is 69.6 Å². The van der Waals surface area contributed by atoms with Gasteiger partial charge in [0.05, 0.1) is 25.7 Å². The van der Waals surface area contributed by atoms with Crippen LogP contribution in [0.15, 0.2) is 73.6 Å². The SMILES string of the molecule is O=C1C(Cl)=C(Cl)C(Nc2ccc(Cl)cc2Cl)(NS(=O)(=O)c2ccccc2)C(Cl)=C1Cl. The fourth-order valence-corrected chi connectivity index (χ4v) is 5.58. The van der Waals surface area contributed by atoms with Crippen LogP contribution in [0.2, 0.25) is 10.0 Å². The Morgan fingerprint density at radius 1 is 0.800 bits per heavy atom. The highest BCUT2D eigenvalue weighted by molar-refractivity contribution is 7.89. The van der Waals surface area contributed by atoms with Crippen LogP contribution in [-0.4, -0.2) is 19.9 Å². The van der Waals surface area contributed by atoms with Gasteiger partial charge in [-0.2, -0.15) is 4.72 Å². The molecule has 158 valence electrons. The summed E-state index contributed by atoms with van der Waals surface area (Å²) in [6.45, 7) is 0. The van der Waals surface area contributed by atoms with Crippen molar-refractivity contribution in [2.75, 3.05) is 5.32 Å². The van der Waals surface area contributed by atoms with Gasteiger partial charge in [-0.3, -0.25) is 4.79 Å². The van der Waals surface area contributed by atoms with Gasteiger partial charge in [0.25, 0.3) is 0 Å². The quantitative estimate of drug-likeness (QED) is 0.448. The summed E-state index contributed by atoms with van der Waals surface area (Å²) >= 11 is 37.0. The topological polar surface area (TPSA) is 75.3 Å². The minimum atomic E-state index is -4.24. The van der Waals surface area contributed by atoms with Crippen molar-refractivity contribution in [3.8, 4) is 0 Å². The fraction of sp³-hybridized carbons (Fsp3) is 0.0556. The van der Waals surface area contributed by atoms with E-state index in [1.54, 1.807) is 6.07 Å². The number of hydrogen-bond acceptors (Lipinski definition) is 4. The number of rotatable bonds is 5. The normalized spacial score (nSPS) is 16.8.